The van der Waals surface area contributed by atoms with Crippen LogP contribution >= 0.6 is 0 Å². The van der Waals surface area contributed by atoms with E-state index >= 15 is 0 Å². The normalized spacial score (nSPS) is 18.1. The smallest absolute Gasteiger partial charge is 0.337 e. The lowest BCUT2D eigenvalue weighted by molar-refractivity contribution is -0.920. The molecule has 1 aliphatic heterocycles. The zero-order valence-corrected chi connectivity index (χ0v) is 16.4. The van der Waals surface area contributed by atoms with Gasteiger partial charge in [-0.2, -0.15) is 0 Å². The summed E-state index contributed by atoms with van der Waals surface area (Å²) in [4.78, 5) is 25.5. The topological polar surface area (TPSA) is 71.9 Å². The van der Waals surface area contributed by atoms with Crippen LogP contribution in [0.15, 0.2) is 35.5 Å². The number of hydrogen-bond donors (Lipinski definition) is 3. The Kier molecular flexibility index (Phi) is 6.16. The van der Waals surface area contributed by atoms with Crippen LogP contribution in [0.4, 0.5) is 4.79 Å². The van der Waals surface area contributed by atoms with Crippen LogP contribution in [-0.2, 0) is 16.1 Å². The number of amides is 2. The molecule has 3 rings (SSSR count). The predicted molar refractivity (Wildman–Crippen MR) is 103 cm³/mol. The van der Waals surface area contributed by atoms with E-state index < -0.39 is 0 Å². The highest BCUT2D eigenvalue weighted by molar-refractivity contribution is 5.93. The highest BCUT2D eigenvalue weighted by atomic mass is 16.5. The second-order valence-corrected chi connectivity index (χ2v) is 7.67. The van der Waals surface area contributed by atoms with Crippen molar-refractivity contribution in [1.29, 1.82) is 0 Å². The second-order valence-electron chi connectivity index (χ2n) is 7.67. The van der Waals surface area contributed by atoms with Gasteiger partial charge in [0, 0.05) is 18.4 Å². The molecule has 1 aromatic carbocycles. The predicted octanol–water partition coefficient (Wildman–Crippen LogP) is 1.49. The number of hydrogen-bond acceptors (Lipinski definition) is 3. The molecule has 1 heterocycles. The standard InChI is InChI=1S/C21H29N3O3/c1-4-27-20(25)18-11-22-21(26)23-19(18)13-24(17-9-10-17)12-15-5-7-16(8-6-15)14(2)3/h5-8,14,17H,4,9-13H2,1-3H3,(H2,22,23,26)/p+1. The van der Waals surface area contributed by atoms with Gasteiger partial charge in [0.05, 0.1) is 30.5 Å². The highest BCUT2D eigenvalue weighted by Crippen LogP contribution is 2.18. The summed E-state index contributed by atoms with van der Waals surface area (Å²) in [7, 11) is 0. The van der Waals surface area contributed by atoms with Crippen LogP contribution in [0.1, 0.15) is 50.7 Å². The summed E-state index contributed by atoms with van der Waals surface area (Å²) in [6.45, 7) is 8.23. The molecule has 2 amide bonds. The van der Waals surface area contributed by atoms with Gasteiger partial charge in [0.15, 0.2) is 0 Å². The molecular formula is C21H30N3O3+. The summed E-state index contributed by atoms with van der Waals surface area (Å²) in [6.07, 6.45) is 2.38. The van der Waals surface area contributed by atoms with Gasteiger partial charge in [0.25, 0.3) is 0 Å². The number of nitrogens with one attached hydrogen (secondary N) is 3. The van der Waals surface area contributed by atoms with Gasteiger partial charge >= 0.3 is 12.0 Å². The molecule has 1 atom stereocenters. The summed E-state index contributed by atoms with van der Waals surface area (Å²) < 4.78 is 5.16. The van der Waals surface area contributed by atoms with E-state index in [9.17, 15) is 9.59 Å². The summed E-state index contributed by atoms with van der Waals surface area (Å²) >= 11 is 0. The van der Waals surface area contributed by atoms with Gasteiger partial charge in [-0.3, -0.25) is 0 Å². The van der Waals surface area contributed by atoms with Crippen molar-refractivity contribution in [2.75, 3.05) is 19.7 Å². The molecule has 1 saturated carbocycles. The summed E-state index contributed by atoms with van der Waals surface area (Å²) in [5.41, 5.74) is 3.84. The minimum atomic E-state index is -0.351. The number of benzene rings is 1. The molecule has 0 aromatic heterocycles. The van der Waals surface area contributed by atoms with Gasteiger partial charge in [0.1, 0.15) is 13.1 Å². The van der Waals surface area contributed by atoms with E-state index in [0.29, 0.717) is 36.4 Å². The second kappa shape index (κ2) is 8.57. The zero-order chi connectivity index (χ0) is 19.4. The molecule has 2 aliphatic rings. The highest BCUT2D eigenvalue weighted by Gasteiger charge is 2.36. The number of quaternary nitrogens is 1. The fourth-order valence-electron chi connectivity index (χ4n) is 3.45. The first-order valence-corrected chi connectivity index (χ1v) is 9.85. The molecule has 0 bridgehead atoms. The first-order chi connectivity index (χ1) is 13.0. The maximum absolute atomic E-state index is 12.3. The van der Waals surface area contributed by atoms with Gasteiger partial charge in [-0.1, -0.05) is 38.1 Å². The molecule has 1 unspecified atom stereocenters. The first kappa shape index (κ1) is 19.4. The van der Waals surface area contributed by atoms with Crippen LogP contribution < -0.4 is 15.5 Å². The number of carbonyl (C=O) groups is 2. The van der Waals surface area contributed by atoms with Crippen molar-refractivity contribution in [2.24, 2.45) is 0 Å². The lowest BCUT2D eigenvalue weighted by Gasteiger charge is -2.26. The van der Waals surface area contributed by atoms with Crippen molar-refractivity contribution >= 4 is 12.0 Å². The maximum atomic E-state index is 12.3. The monoisotopic (exact) mass is 372 g/mol. The molecular weight excluding hydrogens is 342 g/mol. The molecule has 6 heteroatoms. The SMILES string of the molecule is CCOC(=O)C1=C(C[NH+](Cc2ccc(C(C)C)cc2)C2CC2)NC(=O)NC1. The fraction of sp³-hybridized carbons (Fsp3) is 0.524. The number of urea groups is 1. The van der Waals surface area contributed by atoms with Crippen molar-refractivity contribution in [3.05, 3.63) is 46.7 Å². The van der Waals surface area contributed by atoms with Crippen LogP contribution in [-0.4, -0.2) is 37.7 Å². The number of ether oxygens (including phenoxy) is 1. The minimum absolute atomic E-state index is 0.223. The molecule has 146 valence electrons. The van der Waals surface area contributed by atoms with Crippen LogP contribution in [0.25, 0.3) is 0 Å². The minimum Gasteiger partial charge on any atom is -0.463 e. The van der Waals surface area contributed by atoms with Crippen molar-refractivity contribution in [2.45, 2.75) is 52.1 Å². The van der Waals surface area contributed by atoms with Crippen molar-refractivity contribution in [3.8, 4) is 0 Å². The average Bonchev–Trinajstić information content (AvgIpc) is 3.47. The molecule has 1 fully saturated rings. The Bertz CT molecular complexity index is 721. The van der Waals surface area contributed by atoms with E-state index in [0.717, 1.165) is 6.54 Å². The van der Waals surface area contributed by atoms with E-state index in [2.05, 4.69) is 48.7 Å². The van der Waals surface area contributed by atoms with Crippen LogP contribution in [0.5, 0.6) is 0 Å². The molecule has 0 saturated heterocycles. The Morgan fingerprint density at radius 1 is 1.22 bits per heavy atom. The third-order valence-corrected chi connectivity index (χ3v) is 5.21. The third-order valence-electron chi connectivity index (χ3n) is 5.21. The van der Waals surface area contributed by atoms with Crippen molar-refractivity contribution in [3.63, 3.8) is 0 Å². The molecule has 27 heavy (non-hydrogen) atoms. The Morgan fingerprint density at radius 3 is 2.52 bits per heavy atom. The largest absolute Gasteiger partial charge is 0.463 e. The van der Waals surface area contributed by atoms with Gasteiger partial charge < -0.3 is 20.3 Å². The van der Waals surface area contributed by atoms with Gasteiger partial charge in [0.2, 0.25) is 0 Å². The Morgan fingerprint density at radius 2 is 1.93 bits per heavy atom. The van der Waals surface area contributed by atoms with Crippen LogP contribution in [0.3, 0.4) is 0 Å². The molecule has 1 aromatic rings. The Balaban J connectivity index is 1.76. The average molecular weight is 372 g/mol. The van der Waals surface area contributed by atoms with Crippen molar-refractivity contribution < 1.29 is 19.2 Å². The number of esters is 1. The van der Waals surface area contributed by atoms with E-state index in [-0.39, 0.29) is 18.5 Å². The summed E-state index contributed by atoms with van der Waals surface area (Å²) in [5.74, 6) is 0.171. The van der Waals surface area contributed by atoms with Crippen LogP contribution in [0.2, 0.25) is 0 Å². The molecule has 0 radical (unpaired) electrons. The Hall–Kier alpha value is -2.34. The quantitative estimate of drug-likeness (QED) is 0.606. The summed E-state index contributed by atoms with van der Waals surface area (Å²) in [5, 5.41) is 5.50. The number of rotatable bonds is 8. The van der Waals surface area contributed by atoms with Crippen molar-refractivity contribution in [1.82, 2.24) is 10.6 Å². The van der Waals surface area contributed by atoms with Crippen LogP contribution in [0, 0.1) is 0 Å². The lowest BCUT2D eigenvalue weighted by Crippen LogP contribution is -3.12. The zero-order valence-electron chi connectivity index (χ0n) is 16.4. The van der Waals surface area contributed by atoms with E-state index in [1.807, 2.05) is 0 Å². The van der Waals surface area contributed by atoms with Gasteiger partial charge in [-0.25, -0.2) is 9.59 Å². The maximum Gasteiger partial charge on any atom is 0.337 e. The van der Waals surface area contributed by atoms with Gasteiger partial charge in [-0.05, 0) is 18.4 Å². The summed E-state index contributed by atoms with van der Waals surface area (Å²) in [6, 6.07) is 9.10. The lowest BCUT2D eigenvalue weighted by atomic mass is 10.0. The molecule has 6 nitrogen and oxygen atoms in total. The van der Waals surface area contributed by atoms with E-state index in [4.69, 9.17) is 4.74 Å². The number of carbonyl (C=O) groups excluding carboxylic acids is 2. The fourth-order valence-corrected chi connectivity index (χ4v) is 3.45. The van der Waals surface area contributed by atoms with Gasteiger partial charge in [-0.15, -0.1) is 0 Å². The molecule has 3 N–H and O–H groups in total. The first-order valence-electron chi connectivity index (χ1n) is 9.85. The molecule has 1 aliphatic carbocycles. The molecule has 0 spiro atoms. The van der Waals surface area contributed by atoms with E-state index in [1.54, 1.807) is 6.92 Å². The van der Waals surface area contributed by atoms with E-state index in [1.165, 1.54) is 28.9 Å². The third kappa shape index (κ3) is 5.10. The Labute approximate surface area is 161 Å².